The number of aryl methyl sites for hydroxylation is 1. The Morgan fingerprint density at radius 3 is 2.25 bits per heavy atom. The van der Waals surface area contributed by atoms with Crippen molar-refractivity contribution in [2.45, 2.75) is 6.92 Å². The van der Waals surface area contributed by atoms with Gasteiger partial charge in [-0.1, -0.05) is 36.4 Å². The van der Waals surface area contributed by atoms with Crippen molar-refractivity contribution >= 4 is 50.6 Å². The number of nitrogens with one attached hydrogen (secondary N) is 2. The molecule has 0 radical (unpaired) electrons. The van der Waals surface area contributed by atoms with E-state index in [4.69, 9.17) is 5.73 Å². The van der Waals surface area contributed by atoms with E-state index in [1.807, 2.05) is 60.8 Å². The molecule has 0 bridgehead atoms. The number of nitrogens with two attached hydrogens (primary N) is 1. The third kappa shape index (κ3) is 4.62. The van der Waals surface area contributed by atoms with Crippen molar-refractivity contribution in [2.24, 2.45) is 0 Å². The fraction of sp³-hybridized carbons (Fsp3) is 0.0357. The minimum atomic E-state index is -0.967. The standard InChI is InChI=1S/C28H22N4O3S/c1-16-3-2-4-21(13-16)32-28(35)31-20-11-9-18(10-12-20)23-15-36-25-22(14-30-26(29)24(23)25)17-5-7-19(8-6-17)27(33)34/h2-15H,1H3,(H2,29,30)(H,33,34)(H2,31,32,35). The highest BCUT2D eigenvalue weighted by Gasteiger charge is 2.16. The summed E-state index contributed by atoms with van der Waals surface area (Å²) >= 11 is 1.56. The van der Waals surface area contributed by atoms with Gasteiger partial charge in [0, 0.05) is 38.8 Å². The van der Waals surface area contributed by atoms with E-state index >= 15 is 0 Å². The van der Waals surface area contributed by atoms with Crippen molar-refractivity contribution in [2.75, 3.05) is 16.4 Å². The number of anilines is 3. The highest BCUT2D eigenvalue weighted by molar-refractivity contribution is 7.18. The van der Waals surface area contributed by atoms with Crippen LogP contribution in [0.1, 0.15) is 15.9 Å². The summed E-state index contributed by atoms with van der Waals surface area (Å²) in [6, 6.07) is 21.5. The Balaban J connectivity index is 1.40. The van der Waals surface area contributed by atoms with E-state index < -0.39 is 5.97 Å². The van der Waals surface area contributed by atoms with Gasteiger partial charge in [0.05, 0.1) is 5.56 Å². The number of carboxylic acids is 1. The van der Waals surface area contributed by atoms with Crippen LogP contribution < -0.4 is 16.4 Å². The van der Waals surface area contributed by atoms with Crippen LogP contribution in [0.25, 0.3) is 32.3 Å². The lowest BCUT2D eigenvalue weighted by Crippen LogP contribution is -2.19. The van der Waals surface area contributed by atoms with Gasteiger partial charge in [0.1, 0.15) is 5.82 Å². The molecule has 8 heteroatoms. The van der Waals surface area contributed by atoms with Crippen LogP contribution in [0.4, 0.5) is 22.0 Å². The molecule has 0 spiro atoms. The fourth-order valence-corrected chi connectivity index (χ4v) is 5.15. The topological polar surface area (TPSA) is 117 Å². The summed E-state index contributed by atoms with van der Waals surface area (Å²) in [6.45, 7) is 1.97. The molecule has 0 fully saturated rings. The van der Waals surface area contributed by atoms with Crippen molar-refractivity contribution in [3.63, 3.8) is 0 Å². The van der Waals surface area contributed by atoms with Crippen molar-refractivity contribution in [3.8, 4) is 22.3 Å². The SMILES string of the molecule is Cc1cccc(NC(=O)Nc2ccc(-c3csc4c(-c5ccc(C(=O)O)cc5)cnc(N)c34)cc2)c1. The number of benzene rings is 3. The van der Waals surface area contributed by atoms with Crippen molar-refractivity contribution in [1.29, 1.82) is 0 Å². The van der Waals surface area contributed by atoms with Gasteiger partial charge in [-0.05, 0) is 65.4 Å². The van der Waals surface area contributed by atoms with Crippen molar-refractivity contribution < 1.29 is 14.7 Å². The number of urea groups is 1. The summed E-state index contributed by atoms with van der Waals surface area (Å²) in [6.07, 6.45) is 1.72. The van der Waals surface area contributed by atoms with Crippen LogP contribution in [-0.4, -0.2) is 22.1 Å². The molecule has 0 saturated carbocycles. The molecule has 5 aromatic rings. The Hall–Kier alpha value is -4.69. The highest BCUT2D eigenvalue weighted by Crippen LogP contribution is 2.41. The maximum Gasteiger partial charge on any atom is 0.335 e. The number of carbonyl (C=O) groups is 2. The molecule has 7 nitrogen and oxygen atoms in total. The fourth-order valence-electron chi connectivity index (χ4n) is 4.03. The molecule has 0 aliphatic rings. The number of carboxylic acid groups (broad SMARTS) is 1. The minimum Gasteiger partial charge on any atom is -0.478 e. The molecule has 0 saturated heterocycles. The van der Waals surface area contributed by atoms with Crippen molar-refractivity contribution in [1.82, 2.24) is 4.98 Å². The summed E-state index contributed by atoms with van der Waals surface area (Å²) in [5.41, 5.74) is 12.6. The van der Waals surface area contributed by atoms with Crippen molar-refractivity contribution in [3.05, 3.63) is 95.5 Å². The van der Waals surface area contributed by atoms with E-state index in [-0.39, 0.29) is 11.6 Å². The number of aromatic carboxylic acids is 1. The van der Waals surface area contributed by atoms with Gasteiger partial charge in [-0.25, -0.2) is 14.6 Å². The third-order valence-corrected chi connectivity index (χ3v) is 6.81. The normalized spacial score (nSPS) is 10.8. The van der Waals surface area contributed by atoms with Crippen LogP contribution in [-0.2, 0) is 0 Å². The molecule has 178 valence electrons. The lowest BCUT2D eigenvalue weighted by atomic mass is 10.0. The number of hydrogen-bond donors (Lipinski definition) is 4. The van der Waals surface area contributed by atoms with E-state index in [1.54, 1.807) is 41.8 Å². The number of nitrogens with zero attached hydrogens (tertiary/aromatic N) is 1. The second-order valence-corrected chi connectivity index (χ2v) is 9.20. The molecule has 2 amide bonds. The van der Waals surface area contributed by atoms with Gasteiger partial charge in [-0.2, -0.15) is 0 Å². The average Bonchev–Trinajstić information content (AvgIpc) is 3.31. The lowest BCUT2D eigenvalue weighted by Gasteiger charge is -2.10. The largest absolute Gasteiger partial charge is 0.478 e. The van der Waals surface area contributed by atoms with Crippen LogP contribution in [0.15, 0.2) is 84.4 Å². The van der Waals surface area contributed by atoms with Gasteiger partial charge < -0.3 is 21.5 Å². The monoisotopic (exact) mass is 494 g/mol. The molecule has 0 atom stereocenters. The lowest BCUT2D eigenvalue weighted by molar-refractivity contribution is 0.0697. The third-order valence-electron chi connectivity index (χ3n) is 5.80. The number of pyridine rings is 1. The number of rotatable bonds is 5. The van der Waals surface area contributed by atoms with Crippen LogP contribution in [0.3, 0.4) is 0 Å². The smallest absolute Gasteiger partial charge is 0.335 e. The number of hydrogen-bond acceptors (Lipinski definition) is 5. The predicted molar refractivity (Wildman–Crippen MR) is 146 cm³/mol. The maximum atomic E-state index is 12.4. The zero-order valence-corrected chi connectivity index (χ0v) is 20.1. The summed E-state index contributed by atoms with van der Waals surface area (Å²) < 4.78 is 0.973. The Bertz CT molecular complexity index is 1590. The summed E-state index contributed by atoms with van der Waals surface area (Å²) in [5.74, 6) is -0.544. The van der Waals surface area contributed by atoms with Gasteiger partial charge in [0.15, 0.2) is 0 Å². The quantitative estimate of drug-likeness (QED) is 0.213. The molecule has 0 aliphatic carbocycles. The molecule has 2 aromatic heterocycles. The number of fused-ring (bicyclic) bond motifs is 1. The maximum absolute atomic E-state index is 12.4. The van der Waals surface area contributed by atoms with Gasteiger partial charge in [0.25, 0.3) is 0 Å². The first kappa shape index (κ1) is 23.1. The van der Waals surface area contributed by atoms with Crippen LogP contribution in [0.5, 0.6) is 0 Å². The molecule has 0 unspecified atom stereocenters. The minimum absolute atomic E-state index is 0.228. The van der Waals surface area contributed by atoms with Gasteiger partial charge in [-0.3, -0.25) is 0 Å². The average molecular weight is 495 g/mol. The van der Waals surface area contributed by atoms with E-state index in [0.29, 0.717) is 11.5 Å². The molecule has 5 N–H and O–H groups in total. The number of carbonyl (C=O) groups excluding carboxylic acids is 1. The molecule has 0 aliphatic heterocycles. The zero-order chi connectivity index (χ0) is 25.2. The molecular formula is C28H22N4O3S. The first-order valence-electron chi connectivity index (χ1n) is 11.1. The first-order chi connectivity index (χ1) is 17.4. The molecule has 2 heterocycles. The number of nitrogen functional groups attached to an aromatic ring is 1. The zero-order valence-electron chi connectivity index (χ0n) is 19.3. The summed E-state index contributed by atoms with van der Waals surface area (Å²) in [4.78, 5) is 28.0. The Morgan fingerprint density at radius 1 is 0.889 bits per heavy atom. The van der Waals surface area contributed by atoms with E-state index in [2.05, 4.69) is 15.6 Å². The van der Waals surface area contributed by atoms with Gasteiger partial charge >= 0.3 is 12.0 Å². The van der Waals surface area contributed by atoms with Gasteiger partial charge in [0.2, 0.25) is 0 Å². The first-order valence-corrected chi connectivity index (χ1v) is 12.0. The molecule has 5 rings (SSSR count). The Morgan fingerprint density at radius 2 is 1.56 bits per heavy atom. The number of aromatic nitrogens is 1. The predicted octanol–water partition coefficient (Wildman–Crippen LogP) is 6.86. The Kier molecular flexibility index (Phi) is 6.10. The van der Waals surface area contributed by atoms with E-state index in [0.717, 1.165) is 43.6 Å². The Labute approximate surface area is 211 Å². The number of amides is 2. The summed E-state index contributed by atoms with van der Waals surface area (Å²) in [7, 11) is 0. The summed E-state index contributed by atoms with van der Waals surface area (Å²) in [5, 5.41) is 17.7. The van der Waals surface area contributed by atoms with Crippen LogP contribution >= 0.6 is 11.3 Å². The van der Waals surface area contributed by atoms with Crippen LogP contribution in [0.2, 0.25) is 0 Å². The molecule has 3 aromatic carbocycles. The molecule has 36 heavy (non-hydrogen) atoms. The van der Waals surface area contributed by atoms with E-state index in [9.17, 15) is 14.7 Å². The van der Waals surface area contributed by atoms with E-state index in [1.165, 1.54) is 0 Å². The molecular weight excluding hydrogens is 472 g/mol. The van der Waals surface area contributed by atoms with Crippen LogP contribution in [0, 0.1) is 6.92 Å². The number of thiophene rings is 1. The second-order valence-electron chi connectivity index (χ2n) is 8.32. The van der Waals surface area contributed by atoms with Gasteiger partial charge in [-0.15, -0.1) is 11.3 Å². The highest BCUT2D eigenvalue weighted by atomic mass is 32.1. The second kappa shape index (κ2) is 9.52.